The molecule has 1 aliphatic rings. The van der Waals surface area contributed by atoms with Crippen molar-refractivity contribution < 1.29 is 9.53 Å². The van der Waals surface area contributed by atoms with Gasteiger partial charge in [-0.2, -0.15) is 0 Å². The van der Waals surface area contributed by atoms with E-state index >= 15 is 0 Å². The second-order valence-electron chi connectivity index (χ2n) is 4.02. The molecule has 0 N–H and O–H groups in total. The Morgan fingerprint density at radius 1 is 1.47 bits per heavy atom. The second kappa shape index (κ2) is 3.54. The van der Waals surface area contributed by atoms with Gasteiger partial charge in [0.25, 0.3) is 0 Å². The molecule has 0 unspecified atom stereocenters. The number of fused-ring (bicyclic) bond motifs is 1. The zero-order chi connectivity index (χ0) is 10.9. The van der Waals surface area contributed by atoms with Crippen molar-refractivity contribution in [3.63, 3.8) is 0 Å². The molecule has 0 fully saturated rings. The predicted octanol–water partition coefficient (Wildman–Crippen LogP) is 3.07. The number of ether oxygens (including phenoxy) is 1. The van der Waals surface area contributed by atoms with Crippen LogP contribution >= 0.6 is 0 Å². The predicted molar refractivity (Wildman–Crippen MR) is 60.2 cm³/mol. The Balaban J connectivity index is 2.40. The van der Waals surface area contributed by atoms with Gasteiger partial charge >= 0.3 is 0 Å². The first kappa shape index (κ1) is 9.97. The Hall–Kier alpha value is -1.57. The van der Waals surface area contributed by atoms with E-state index in [-0.39, 0.29) is 5.60 Å². The molecule has 1 aromatic carbocycles. The third-order valence-electron chi connectivity index (χ3n) is 2.83. The van der Waals surface area contributed by atoms with Gasteiger partial charge in [0.1, 0.15) is 17.6 Å². The van der Waals surface area contributed by atoms with Gasteiger partial charge in [-0.15, -0.1) is 0 Å². The fourth-order valence-electron chi connectivity index (χ4n) is 1.60. The van der Waals surface area contributed by atoms with Gasteiger partial charge in [0.05, 0.1) is 0 Å². The average Bonchev–Trinajstić information content (AvgIpc) is 2.28. The van der Waals surface area contributed by atoms with Gasteiger partial charge in [-0.3, -0.25) is 4.79 Å². The van der Waals surface area contributed by atoms with Gasteiger partial charge < -0.3 is 4.74 Å². The fourth-order valence-corrected chi connectivity index (χ4v) is 1.60. The largest absolute Gasteiger partial charge is 0.483 e. The lowest BCUT2D eigenvalue weighted by Gasteiger charge is -2.30. The highest BCUT2D eigenvalue weighted by molar-refractivity contribution is 5.78. The van der Waals surface area contributed by atoms with E-state index in [9.17, 15) is 4.79 Å². The van der Waals surface area contributed by atoms with Crippen molar-refractivity contribution in [2.24, 2.45) is 0 Å². The van der Waals surface area contributed by atoms with E-state index in [0.29, 0.717) is 5.56 Å². The van der Waals surface area contributed by atoms with Gasteiger partial charge in [-0.25, -0.2) is 0 Å². The Morgan fingerprint density at radius 3 is 2.93 bits per heavy atom. The zero-order valence-corrected chi connectivity index (χ0v) is 8.99. The molecule has 1 aromatic rings. The van der Waals surface area contributed by atoms with E-state index in [0.717, 1.165) is 24.0 Å². The third-order valence-corrected chi connectivity index (χ3v) is 2.83. The maximum absolute atomic E-state index is 10.6. The SMILES string of the molecule is CC[C@]1(C)C=Cc2cc(C=O)ccc2O1. The average molecular weight is 202 g/mol. The summed E-state index contributed by atoms with van der Waals surface area (Å²) in [4.78, 5) is 10.6. The Kier molecular flexibility index (Phi) is 2.35. The smallest absolute Gasteiger partial charge is 0.150 e. The number of hydrogen-bond acceptors (Lipinski definition) is 2. The summed E-state index contributed by atoms with van der Waals surface area (Å²) in [5.74, 6) is 0.854. The van der Waals surface area contributed by atoms with Gasteiger partial charge in [-0.05, 0) is 37.6 Å². The number of carbonyl (C=O) groups is 1. The van der Waals surface area contributed by atoms with Crippen LogP contribution in [0.2, 0.25) is 0 Å². The lowest BCUT2D eigenvalue weighted by Crippen LogP contribution is -2.30. The molecule has 2 nitrogen and oxygen atoms in total. The van der Waals surface area contributed by atoms with E-state index in [1.807, 2.05) is 24.3 Å². The van der Waals surface area contributed by atoms with Crippen LogP contribution in [-0.4, -0.2) is 11.9 Å². The van der Waals surface area contributed by atoms with Crippen molar-refractivity contribution in [1.82, 2.24) is 0 Å². The molecule has 0 radical (unpaired) electrons. The molecular formula is C13H14O2. The molecule has 2 rings (SSSR count). The van der Waals surface area contributed by atoms with Gasteiger partial charge in [-0.1, -0.05) is 13.0 Å². The molecule has 0 spiro atoms. The molecule has 0 bridgehead atoms. The van der Waals surface area contributed by atoms with E-state index in [1.54, 1.807) is 6.07 Å². The summed E-state index contributed by atoms with van der Waals surface area (Å²) in [7, 11) is 0. The van der Waals surface area contributed by atoms with Crippen LogP contribution in [0.4, 0.5) is 0 Å². The Labute approximate surface area is 89.6 Å². The molecule has 1 atom stereocenters. The normalized spacial score (nSPS) is 23.1. The van der Waals surface area contributed by atoms with Gasteiger partial charge in [0.2, 0.25) is 0 Å². The van der Waals surface area contributed by atoms with Crippen LogP contribution in [0, 0.1) is 0 Å². The van der Waals surface area contributed by atoms with Crippen molar-refractivity contribution in [1.29, 1.82) is 0 Å². The lowest BCUT2D eigenvalue weighted by atomic mass is 9.97. The van der Waals surface area contributed by atoms with Crippen LogP contribution in [0.1, 0.15) is 36.2 Å². The van der Waals surface area contributed by atoms with Crippen LogP contribution in [0.5, 0.6) is 5.75 Å². The Bertz CT molecular complexity index is 421. The first-order valence-electron chi connectivity index (χ1n) is 5.14. The van der Waals surface area contributed by atoms with Crippen molar-refractivity contribution in [3.8, 4) is 5.75 Å². The van der Waals surface area contributed by atoms with Gasteiger partial charge in [0, 0.05) is 11.1 Å². The minimum absolute atomic E-state index is 0.213. The van der Waals surface area contributed by atoms with E-state index < -0.39 is 0 Å². The molecule has 1 aliphatic heterocycles. The van der Waals surface area contributed by atoms with E-state index in [1.165, 1.54) is 0 Å². The van der Waals surface area contributed by atoms with Crippen LogP contribution in [-0.2, 0) is 0 Å². The van der Waals surface area contributed by atoms with Crippen LogP contribution < -0.4 is 4.74 Å². The highest BCUT2D eigenvalue weighted by Crippen LogP contribution is 2.32. The first-order chi connectivity index (χ1) is 7.17. The number of hydrogen-bond donors (Lipinski definition) is 0. The molecule has 0 aromatic heterocycles. The molecule has 0 aliphatic carbocycles. The molecule has 78 valence electrons. The minimum Gasteiger partial charge on any atom is -0.483 e. The summed E-state index contributed by atoms with van der Waals surface area (Å²) in [5, 5.41) is 0. The molecule has 2 heteroatoms. The quantitative estimate of drug-likeness (QED) is 0.689. The number of aldehydes is 1. The van der Waals surface area contributed by atoms with Crippen LogP contribution in [0.3, 0.4) is 0 Å². The highest BCUT2D eigenvalue weighted by Gasteiger charge is 2.24. The Morgan fingerprint density at radius 2 is 2.27 bits per heavy atom. The van der Waals surface area contributed by atoms with Crippen molar-refractivity contribution >= 4 is 12.4 Å². The summed E-state index contributed by atoms with van der Waals surface area (Å²) in [6, 6.07) is 5.48. The standard InChI is InChI=1S/C13H14O2/c1-3-13(2)7-6-11-8-10(9-14)4-5-12(11)15-13/h4-9H,3H2,1-2H3/t13-/m1/s1. The van der Waals surface area contributed by atoms with Crippen molar-refractivity contribution in [2.75, 3.05) is 0 Å². The maximum Gasteiger partial charge on any atom is 0.150 e. The monoisotopic (exact) mass is 202 g/mol. The van der Waals surface area contributed by atoms with Crippen molar-refractivity contribution in [2.45, 2.75) is 25.9 Å². The zero-order valence-electron chi connectivity index (χ0n) is 8.99. The third kappa shape index (κ3) is 1.80. The van der Waals surface area contributed by atoms with Crippen molar-refractivity contribution in [3.05, 3.63) is 35.4 Å². The summed E-state index contributed by atoms with van der Waals surface area (Å²) in [5.41, 5.74) is 1.45. The molecular weight excluding hydrogens is 188 g/mol. The number of carbonyl (C=O) groups excluding carboxylic acids is 1. The van der Waals surface area contributed by atoms with E-state index in [2.05, 4.69) is 13.8 Å². The fraction of sp³-hybridized carbons (Fsp3) is 0.308. The van der Waals surface area contributed by atoms with E-state index in [4.69, 9.17) is 4.74 Å². The summed E-state index contributed by atoms with van der Waals surface area (Å²) >= 11 is 0. The lowest BCUT2D eigenvalue weighted by molar-refractivity contribution is 0.112. The molecule has 0 saturated heterocycles. The number of rotatable bonds is 2. The minimum atomic E-state index is -0.213. The maximum atomic E-state index is 10.6. The van der Waals surface area contributed by atoms with Crippen LogP contribution in [0.15, 0.2) is 24.3 Å². The molecule has 1 heterocycles. The number of benzene rings is 1. The van der Waals surface area contributed by atoms with Crippen LogP contribution in [0.25, 0.3) is 6.08 Å². The topological polar surface area (TPSA) is 26.3 Å². The first-order valence-corrected chi connectivity index (χ1v) is 5.14. The second-order valence-corrected chi connectivity index (χ2v) is 4.02. The summed E-state index contributed by atoms with van der Waals surface area (Å²) in [6.45, 7) is 4.15. The summed E-state index contributed by atoms with van der Waals surface area (Å²) < 4.78 is 5.87. The summed E-state index contributed by atoms with van der Waals surface area (Å²) in [6.07, 6.45) is 5.85. The van der Waals surface area contributed by atoms with Gasteiger partial charge in [0.15, 0.2) is 0 Å². The molecule has 15 heavy (non-hydrogen) atoms. The molecule has 0 saturated carbocycles. The highest BCUT2D eigenvalue weighted by atomic mass is 16.5. The molecule has 0 amide bonds.